The summed E-state index contributed by atoms with van der Waals surface area (Å²) in [6, 6.07) is 7.29. The number of carbonyl (C=O) groups excluding carboxylic acids is 1. The van der Waals surface area contributed by atoms with Gasteiger partial charge in [-0.05, 0) is 40.9 Å². The van der Waals surface area contributed by atoms with Gasteiger partial charge >= 0.3 is 5.97 Å². The highest BCUT2D eigenvalue weighted by Crippen LogP contribution is 2.28. The van der Waals surface area contributed by atoms with Crippen LogP contribution in [-0.4, -0.2) is 35.0 Å². The third-order valence-electron chi connectivity index (χ3n) is 3.76. The van der Waals surface area contributed by atoms with Crippen molar-refractivity contribution in [2.24, 2.45) is 5.92 Å². The summed E-state index contributed by atoms with van der Waals surface area (Å²) < 4.78 is 6.42. The number of carbonyl (C=O) groups is 2. The Morgan fingerprint density at radius 1 is 1.38 bits per heavy atom. The first kappa shape index (κ1) is 14.1. The second-order valence-electron chi connectivity index (χ2n) is 5.20. The van der Waals surface area contributed by atoms with Crippen LogP contribution >= 0.6 is 15.9 Å². The first-order valence-corrected chi connectivity index (χ1v) is 7.55. The Morgan fingerprint density at radius 3 is 2.90 bits per heavy atom. The van der Waals surface area contributed by atoms with Crippen LogP contribution in [0.4, 0.5) is 0 Å². The molecule has 1 saturated heterocycles. The van der Waals surface area contributed by atoms with Crippen LogP contribution in [0.25, 0.3) is 11.0 Å². The molecule has 1 fully saturated rings. The molecule has 0 aliphatic carbocycles. The van der Waals surface area contributed by atoms with E-state index in [1.165, 1.54) is 0 Å². The molecule has 0 bridgehead atoms. The number of rotatable bonds is 2. The number of para-hydroxylation sites is 1. The van der Waals surface area contributed by atoms with Crippen molar-refractivity contribution < 1.29 is 19.1 Å². The van der Waals surface area contributed by atoms with Gasteiger partial charge in [0.15, 0.2) is 5.76 Å². The van der Waals surface area contributed by atoms with Crippen molar-refractivity contribution in [3.63, 3.8) is 0 Å². The molecule has 2 heterocycles. The zero-order valence-electron chi connectivity index (χ0n) is 11.2. The number of hydrogen-bond donors (Lipinski definition) is 1. The lowest BCUT2D eigenvalue weighted by atomic mass is 9.98. The van der Waals surface area contributed by atoms with Crippen molar-refractivity contribution in [2.45, 2.75) is 12.8 Å². The number of halogens is 1. The Kier molecular flexibility index (Phi) is 3.71. The smallest absolute Gasteiger partial charge is 0.308 e. The normalized spacial score (nSPS) is 18.9. The van der Waals surface area contributed by atoms with E-state index in [4.69, 9.17) is 9.52 Å². The van der Waals surface area contributed by atoms with E-state index in [2.05, 4.69) is 15.9 Å². The van der Waals surface area contributed by atoms with Gasteiger partial charge in [-0.25, -0.2) is 0 Å². The van der Waals surface area contributed by atoms with Crippen molar-refractivity contribution >= 4 is 38.8 Å². The van der Waals surface area contributed by atoms with Crippen LogP contribution in [-0.2, 0) is 4.79 Å². The summed E-state index contributed by atoms with van der Waals surface area (Å²) in [6.07, 6.45) is 1.32. The van der Waals surface area contributed by atoms with E-state index in [0.29, 0.717) is 25.0 Å². The third kappa shape index (κ3) is 2.68. The van der Waals surface area contributed by atoms with Gasteiger partial charge in [-0.15, -0.1) is 0 Å². The molecule has 1 atom stereocenters. The van der Waals surface area contributed by atoms with Crippen LogP contribution in [0, 0.1) is 5.92 Å². The number of amides is 1. The maximum atomic E-state index is 12.5. The molecule has 0 radical (unpaired) electrons. The average molecular weight is 352 g/mol. The van der Waals surface area contributed by atoms with Crippen LogP contribution in [0.3, 0.4) is 0 Å². The molecule has 5 nitrogen and oxygen atoms in total. The summed E-state index contributed by atoms with van der Waals surface area (Å²) >= 11 is 3.39. The molecule has 1 amide bonds. The van der Waals surface area contributed by atoms with Crippen molar-refractivity contribution in [2.75, 3.05) is 13.1 Å². The highest BCUT2D eigenvalue weighted by molar-refractivity contribution is 9.10. The summed E-state index contributed by atoms with van der Waals surface area (Å²) in [5.41, 5.74) is 0.632. The van der Waals surface area contributed by atoms with Gasteiger partial charge in [0.1, 0.15) is 5.58 Å². The van der Waals surface area contributed by atoms with Crippen molar-refractivity contribution in [3.8, 4) is 0 Å². The number of aliphatic carboxylic acids is 1. The van der Waals surface area contributed by atoms with Crippen molar-refractivity contribution in [3.05, 3.63) is 34.5 Å². The summed E-state index contributed by atoms with van der Waals surface area (Å²) in [5, 5.41) is 9.94. The molecule has 6 heteroatoms. The molecule has 0 unspecified atom stereocenters. The summed E-state index contributed by atoms with van der Waals surface area (Å²) in [6.45, 7) is 0.813. The molecule has 0 spiro atoms. The number of piperidine rings is 1. The van der Waals surface area contributed by atoms with Gasteiger partial charge in [0.25, 0.3) is 5.91 Å². The van der Waals surface area contributed by atoms with E-state index in [0.717, 1.165) is 9.86 Å². The van der Waals surface area contributed by atoms with Gasteiger partial charge in [-0.1, -0.05) is 12.1 Å². The molecule has 110 valence electrons. The standard InChI is InChI=1S/C15H14BrNO4/c16-11-5-1-3-9-7-12(21-13(9)11)14(18)17-6-2-4-10(8-17)15(19)20/h1,3,5,7,10H,2,4,6,8H2,(H,19,20)/t10-/m1/s1. The highest BCUT2D eigenvalue weighted by Gasteiger charge is 2.30. The molecule has 3 rings (SSSR count). The van der Waals surface area contributed by atoms with Gasteiger partial charge in [0.2, 0.25) is 0 Å². The number of carboxylic acid groups (broad SMARTS) is 1. The fourth-order valence-electron chi connectivity index (χ4n) is 2.65. The molecule has 1 N–H and O–H groups in total. The lowest BCUT2D eigenvalue weighted by Crippen LogP contribution is -2.42. The second-order valence-corrected chi connectivity index (χ2v) is 6.05. The Hall–Kier alpha value is -1.82. The van der Waals surface area contributed by atoms with Gasteiger partial charge in [0.05, 0.1) is 10.4 Å². The van der Waals surface area contributed by atoms with E-state index in [-0.39, 0.29) is 18.2 Å². The zero-order valence-corrected chi connectivity index (χ0v) is 12.8. The van der Waals surface area contributed by atoms with Crippen molar-refractivity contribution in [1.29, 1.82) is 0 Å². The Labute approximate surface area is 129 Å². The quantitative estimate of drug-likeness (QED) is 0.902. The minimum atomic E-state index is -0.847. The monoisotopic (exact) mass is 351 g/mol. The summed E-state index contributed by atoms with van der Waals surface area (Å²) in [7, 11) is 0. The van der Waals surface area contributed by atoms with Gasteiger partial charge < -0.3 is 14.4 Å². The number of likely N-dealkylation sites (tertiary alicyclic amines) is 1. The maximum Gasteiger partial charge on any atom is 0.308 e. The van der Waals surface area contributed by atoms with Crippen LogP contribution in [0.2, 0.25) is 0 Å². The molecule has 0 saturated carbocycles. The largest absolute Gasteiger partial charge is 0.481 e. The molecule has 2 aromatic rings. The predicted molar refractivity (Wildman–Crippen MR) is 80.2 cm³/mol. The molecule has 21 heavy (non-hydrogen) atoms. The second kappa shape index (κ2) is 5.52. The van der Waals surface area contributed by atoms with Gasteiger partial charge in [0, 0.05) is 18.5 Å². The minimum absolute atomic E-state index is 0.242. The molecule has 1 aliphatic heterocycles. The molecule has 1 aromatic heterocycles. The van der Waals surface area contributed by atoms with E-state index in [1.807, 2.05) is 18.2 Å². The van der Waals surface area contributed by atoms with Crippen LogP contribution in [0.15, 0.2) is 33.2 Å². The fourth-order valence-corrected chi connectivity index (χ4v) is 3.11. The molecular formula is C15H14BrNO4. The van der Waals surface area contributed by atoms with E-state index >= 15 is 0 Å². The van der Waals surface area contributed by atoms with Crippen LogP contribution in [0.5, 0.6) is 0 Å². The van der Waals surface area contributed by atoms with Gasteiger partial charge in [-0.2, -0.15) is 0 Å². The Bertz CT molecular complexity index is 709. The third-order valence-corrected chi connectivity index (χ3v) is 4.39. The highest BCUT2D eigenvalue weighted by atomic mass is 79.9. The Balaban J connectivity index is 1.86. The number of hydrogen-bond acceptors (Lipinski definition) is 3. The van der Waals surface area contributed by atoms with E-state index in [1.54, 1.807) is 11.0 Å². The lowest BCUT2D eigenvalue weighted by molar-refractivity contribution is -0.143. The fraction of sp³-hybridized carbons (Fsp3) is 0.333. The number of nitrogens with zero attached hydrogens (tertiary/aromatic N) is 1. The number of benzene rings is 1. The van der Waals surface area contributed by atoms with E-state index in [9.17, 15) is 9.59 Å². The first-order valence-electron chi connectivity index (χ1n) is 6.76. The lowest BCUT2D eigenvalue weighted by Gasteiger charge is -2.29. The molecular weight excluding hydrogens is 338 g/mol. The summed E-state index contributed by atoms with van der Waals surface area (Å²) in [5.74, 6) is -1.33. The van der Waals surface area contributed by atoms with Crippen molar-refractivity contribution in [1.82, 2.24) is 4.90 Å². The van der Waals surface area contributed by atoms with Crippen LogP contribution < -0.4 is 0 Å². The zero-order chi connectivity index (χ0) is 15.0. The predicted octanol–water partition coefficient (Wildman–Crippen LogP) is 3.13. The maximum absolute atomic E-state index is 12.5. The first-order chi connectivity index (χ1) is 10.1. The number of fused-ring (bicyclic) bond motifs is 1. The number of furan rings is 1. The topological polar surface area (TPSA) is 70.8 Å². The van der Waals surface area contributed by atoms with Gasteiger partial charge in [-0.3, -0.25) is 9.59 Å². The molecule has 1 aliphatic rings. The minimum Gasteiger partial charge on any atom is -0.481 e. The van der Waals surface area contributed by atoms with E-state index < -0.39 is 11.9 Å². The average Bonchev–Trinajstić information content (AvgIpc) is 2.92. The summed E-state index contributed by atoms with van der Waals surface area (Å²) in [4.78, 5) is 25.1. The van der Waals surface area contributed by atoms with Crippen LogP contribution in [0.1, 0.15) is 23.4 Å². The molecule has 1 aromatic carbocycles. The SMILES string of the molecule is O=C(O)[C@@H]1CCCN(C(=O)c2cc3cccc(Br)c3o2)C1. The number of carboxylic acids is 1. The Morgan fingerprint density at radius 2 is 2.19 bits per heavy atom.